The highest BCUT2D eigenvalue weighted by Crippen LogP contribution is 2.26. The van der Waals surface area contributed by atoms with Gasteiger partial charge in [0, 0.05) is 13.1 Å². The molecular weight excluding hydrogens is 426 g/mol. The molecule has 162 valence electrons. The van der Waals surface area contributed by atoms with E-state index in [4.69, 9.17) is 4.74 Å². The number of rotatable bonds is 6. The molecule has 2 heterocycles. The maximum absolute atomic E-state index is 13.3. The molecule has 0 aliphatic carbocycles. The molecule has 1 aliphatic heterocycles. The number of hydrogen-bond acceptors (Lipinski definition) is 6. The van der Waals surface area contributed by atoms with Gasteiger partial charge in [0.1, 0.15) is 17.7 Å². The Labute approximate surface area is 178 Å². The van der Waals surface area contributed by atoms with Crippen LogP contribution in [0.25, 0.3) is 0 Å². The zero-order valence-electron chi connectivity index (χ0n) is 16.4. The van der Waals surface area contributed by atoms with Crippen molar-refractivity contribution in [2.75, 3.05) is 24.0 Å². The van der Waals surface area contributed by atoms with Gasteiger partial charge in [-0.05, 0) is 42.0 Å². The predicted octanol–water partition coefficient (Wildman–Crippen LogP) is 2.81. The number of morpholine rings is 1. The van der Waals surface area contributed by atoms with E-state index in [-0.39, 0.29) is 23.2 Å². The molecule has 0 spiro atoms. The summed E-state index contributed by atoms with van der Waals surface area (Å²) in [5.41, 5.74) is 0.789. The lowest BCUT2D eigenvalue weighted by Crippen LogP contribution is -2.34. The van der Waals surface area contributed by atoms with Crippen LogP contribution in [-0.4, -0.2) is 38.1 Å². The lowest BCUT2D eigenvalue weighted by atomic mass is 10.2. The number of nitrogens with zero attached hydrogens (tertiary/aromatic N) is 3. The second-order valence-electron chi connectivity index (χ2n) is 6.96. The van der Waals surface area contributed by atoms with Gasteiger partial charge in [-0.2, -0.15) is 0 Å². The van der Waals surface area contributed by atoms with Crippen LogP contribution in [0.5, 0.6) is 0 Å². The zero-order valence-corrected chi connectivity index (χ0v) is 17.2. The van der Waals surface area contributed by atoms with Gasteiger partial charge in [-0.25, -0.2) is 27.2 Å². The molecule has 1 fully saturated rings. The largest absolute Gasteiger partial charge is 0.368 e. The Bertz CT molecular complexity index is 1120. The Kier molecular flexibility index (Phi) is 6.21. The quantitative estimate of drug-likeness (QED) is 0.627. The summed E-state index contributed by atoms with van der Waals surface area (Å²) in [5, 5.41) is 3.19. The highest BCUT2D eigenvalue weighted by Gasteiger charge is 2.27. The van der Waals surface area contributed by atoms with Crippen LogP contribution in [0.3, 0.4) is 0 Å². The highest BCUT2D eigenvalue weighted by atomic mass is 32.2. The maximum Gasteiger partial charge on any atom is 0.264 e. The summed E-state index contributed by atoms with van der Waals surface area (Å²) in [6.07, 6.45) is 2.50. The molecule has 4 rings (SSSR count). The summed E-state index contributed by atoms with van der Waals surface area (Å²) in [6, 6.07) is 10.1. The molecule has 0 radical (unpaired) electrons. The van der Waals surface area contributed by atoms with Crippen molar-refractivity contribution >= 4 is 15.7 Å². The Hall–Kier alpha value is -2.95. The Balaban J connectivity index is 1.69. The third kappa shape index (κ3) is 4.87. The lowest BCUT2D eigenvalue weighted by Gasteiger charge is -2.25. The predicted molar refractivity (Wildman–Crippen MR) is 110 cm³/mol. The summed E-state index contributed by atoms with van der Waals surface area (Å²) in [6.45, 7) is 1.76. The van der Waals surface area contributed by atoms with Gasteiger partial charge in [-0.3, -0.25) is 4.31 Å². The molecule has 0 bridgehead atoms. The van der Waals surface area contributed by atoms with E-state index in [1.54, 1.807) is 0 Å². The average molecular weight is 446 g/mol. The van der Waals surface area contributed by atoms with Crippen molar-refractivity contribution in [3.63, 3.8) is 0 Å². The molecule has 7 nitrogen and oxygen atoms in total. The Morgan fingerprint density at radius 2 is 1.61 bits per heavy atom. The van der Waals surface area contributed by atoms with Crippen LogP contribution in [0.1, 0.15) is 17.5 Å². The maximum atomic E-state index is 13.3. The van der Waals surface area contributed by atoms with Gasteiger partial charge in [-0.1, -0.05) is 12.1 Å². The smallest absolute Gasteiger partial charge is 0.264 e. The van der Waals surface area contributed by atoms with E-state index >= 15 is 0 Å². The van der Waals surface area contributed by atoms with Crippen LogP contribution in [0.4, 0.5) is 14.5 Å². The summed E-state index contributed by atoms with van der Waals surface area (Å²) in [4.78, 5) is 8.51. The van der Waals surface area contributed by atoms with Gasteiger partial charge < -0.3 is 10.1 Å². The Morgan fingerprint density at radius 1 is 1.00 bits per heavy atom. The fourth-order valence-corrected chi connectivity index (χ4v) is 4.59. The number of halogens is 2. The topological polar surface area (TPSA) is 84.4 Å². The molecule has 1 aliphatic rings. The molecule has 2 aromatic carbocycles. The first-order chi connectivity index (χ1) is 14.9. The number of anilines is 1. The van der Waals surface area contributed by atoms with Gasteiger partial charge in [0.2, 0.25) is 0 Å². The SMILES string of the molecule is O=S(=O)(c1ccc(F)cc1)N(Cc1ccc(F)cc1)c1cnc(C2CNCCO2)nc1. The molecule has 0 saturated carbocycles. The van der Waals surface area contributed by atoms with Crippen LogP contribution in [0.2, 0.25) is 0 Å². The van der Waals surface area contributed by atoms with Crippen molar-refractivity contribution in [1.82, 2.24) is 15.3 Å². The standard InChI is InChI=1S/C21H20F2N4O3S/c22-16-3-1-15(2-4-16)14-27(31(28,29)19-7-5-17(23)6-8-19)18-11-25-21(26-12-18)20-13-24-9-10-30-20/h1-8,11-12,20,24H,9-10,13-14H2. The van der Waals surface area contributed by atoms with Gasteiger partial charge in [-0.15, -0.1) is 0 Å². The molecule has 1 aromatic heterocycles. The molecule has 1 atom stereocenters. The first-order valence-corrected chi connectivity index (χ1v) is 11.0. The fraction of sp³-hybridized carbons (Fsp3) is 0.238. The lowest BCUT2D eigenvalue weighted by molar-refractivity contribution is 0.0221. The van der Waals surface area contributed by atoms with Gasteiger partial charge >= 0.3 is 0 Å². The fourth-order valence-electron chi connectivity index (χ4n) is 3.16. The van der Waals surface area contributed by atoms with Crippen LogP contribution in [-0.2, 0) is 21.3 Å². The van der Waals surface area contributed by atoms with E-state index < -0.39 is 21.7 Å². The number of benzene rings is 2. The van der Waals surface area contributed by atoms with Crippen LogP contribution >= 0.6 is 0 Å². The second-order valence-corrected chi connectivity index (χ2v) is 8.82. The van der Waals surface area contributed by atoms with Crippen LogP contribution in [0, 0.1) is 11.6 Å². The summed E-state index contributed by atoms with van der Waals surface area (Å²) >= 11 is 0. The van der Waals surface area contributed by atoms with Crippen molar-refractivity contribution in [2.45, 2.75) is 17.5 Å². The first kappa shape index (κ1) is 21.3. The van der Waals surface area contributed by atoms with E-state index in [9.17, 15) is 17.2 Å². The van der Waals surface area contributed by atoms with Crippen molar-refractivity contribution in [1.29, 1.82) is 0 Å². The van der Waals surface area contributed by atoms with E-state index in [1.807, 2.05) is 0 Å². The van der Waals surface area contributed by atoms with E-state index in [0.717, 1.165) is 23.0 Å². The summed E-state index contributed by atoms with van der Waals surface area (Å²) < 4.78 is 60.0. The van der Waals surface area contributed by atoms with Crippen LogP contribution in [0.15, 0.2) is 65.8 Å². The summed E-state index contributed by atoms with van der Waals surface area (Å²) in [7, 11) is -4.07. The minimum atomic E-state index is -4.07. The molecule has 0 amide bonds. The second kappa shape index (κ2) is 9.04. The number of aromatic nitrogens is 2. The molecule has 10 heteroatoms. The third-order valence-corrected chi connectivity index (χ3v) is 6.59. The van der Waals surface area contributed by atoms with Crippen molar-refractivity contribution < 1.29 is 21.9 Å². The minimum absolute atomic E-state index is 0.0792. The number of hydrogen-bond donors (Lipinski definition) is 1. The van der Waals surface area contributed by atoms with E-state index in [2.05, 4.69) is 15.3 Å². The van der Waals surface area contributed by atoms with Gasteiger partial charge in [0.15, 0.2) is 5.82 Å². The van der Waals surface area contributed by atoms with Crippen molar-refractivity contribution in [3.8, 4) is 0 Å². The molecule has 3 aromatic rings. The molecular formula is C21H20F2N4O3S. The molecule has 1 N–H and O–H groups in total. The van der Waals surface area contributed by atoms with Gasteiger partial charge in [0.25, 0.3) is 10.0 Å². The number of ether oxygens (including phenoxy) is 1. The number of nitrogens with one attached hydrogen (secondary N) is 1. The van der Waals surface area contributed by atoms with Gasteiger partial charge in [0.05, 0.1) is 36.1 Å². The summed E-state index contributed by atoms with van der Waals surface area (Å²) in [5.74, 6) is -0.528. The average Bonchev–Trinajstić information content (AvgIpc) is 2.79. The van der Waals surface area contributed by atoms with Crippen molar-refractivity contribution in [2.24, 2.45) is 0 Å². The van der Waals surface area contributed by atoms with Crippen LogP contribution < -0.4 is 9.62 Å². The zero-order chi connectivity index (χ0) is 21.8. The monoisotopic (exact) mass is 446 g/mol. The molecule has 1 saturated heterocycles. The highest BCUT2D eigenvalue weighted by molar-refractivity contribution is 7.92. The molecule has 1 unspecified atom stereocenters. The Morgan fingerprint density at radius 3 is 2.19 bits per heavy atom. The number of sulfonamides is 1. The van der Waals surface area contributed by atoms with E-state index in [1.165, 1.54) is 48.8 Å². The van der Waals surface area contributed by atoms with E-state index in [0.29, 0.717) is 24.5 Å². The third-order valence-electron chi connectivity index (χ3n) is 4.80. The normalized spacial score (nSPS) is 16.8. The molecule has 31 heavy (non-hydrogen) atoms. The van der Waals surface area contributed by atoms with Crippen molar-refractivity contribution in [3.05, 3.63) is 83.9 Å². The first-order valence-electron chi connectivity index (χ1n) is 9.60. The minimum Gasteiger partial charge on any atom is -0.368 e.